The molecule has 0 aliphatic carbocycles. The molecule has 1 aromatic heterocycles. The third-order valence-electron chi connectivity index (χ3n) is 5.45. The van der Waals surface area contributed by atoms with Crippen LogP contribution in [0.2, 0.25) is 0 Å². The van der Waals surface area contributed by atoms with E-state index in [4.69, 9.17) is 9.52 Å². The fourth-order valence-corrected chi connectivity index (χ4v) is 4.13. The first kappa shape index (κ1) is 17.9. The Morgan fingerprint density at radius 1 is 1.36 bits per heavy atom. The van der Waals surface area contributed by atoms with Crippen LogP contribution < -0.4 is 0 Å². The van der Waals surface area contributed by atoms with Crippen molar-refractivity contribution >= 4 is 11.9 Å². The van der Waals surface area contributed by atoms with Crippen LogP contribution in [0.15, 0.2) is 10.7 Å². The van der Waals surface area contributed by atoms with E-state index in [9.17, 15) is 14.7 Å². The SMILES string of the molecule is CCCN1CC2(CCN(Cc3nc(C(=O)O)co3)CC2)CC1C(=O)O. The second kappa shape index (κ2) is 7.13. The predicted molar refractivity (Wildman–Crippen MR) is 88.3 cm³/mol. The molecule has 2 fully saturated rings. The van der Waals surface area contributed by atoms with E-state index in [0.29, 0.717) is 12.4 Å². The van der Waals surface area contributed by atoms with E-state index in [1.807, 2.05) is 0 Å². The molecule has 3 rings (SSSR count). The van der Waals surface area contributed by atoms with Crippen LogP contribution in [-0.4, -0.2) is 69.2 Å². The first-order valence-corrected chi connectivity index (χ1v) is 8.79. The van der Waals surface area contributed by atoms with E-state index >= 15 is 0 Å². The minimum atomic E-state index is -1.09. The Kier molecular flexibility index (Phi) is 5.10. The number of rotatable bonds is 6. The Balaban J connectivity index is 1.57. The molecular weight excluding hydrogens is 326 g/mol. The molecule has 1 spiro atoms. The van der Waals surface area contributed by atoms with Crippen molar-refractivity contribution in [3.63, 3.8) is 0 Å². The molecule has 0 radical (unpaired) electrons. The number of carboxylic acid groups (broad SMARTS) is 2. The van der Waals surface area contributed by atoms with Crippen LogP contribution in [0.1, 0.15) is 49.0 Å². The molecule has 2 aliphatic rings. The summed E-state index contributed by atoms with van der Waals surface area (Å²) in [6.45, 7) is 5.94. The minimum Gasteiger partial charge on any atom is -0.480 e. The lowest BCUT2D eigenvalue weighted by Gasteiger charge is -2.38. The standard InChI is InChI=1S/C17H25N3O5/c1-2-5-20-11-17(8-13(20)16(23)24)3-6-19(7-4-17)9-14-18-12(10-25-14)15(21)22/h10,13H,2-9,11H2,1H3,(H,21,22)(H,23,24). The summed E-state index contributed by atoms with van der Waals surface area (Å²) in [6.07, 6.45) is 4.74. The van der Waals surface area contributed by atoms with Crippen molar-refractivity contribution in [2.75, 3.05) is 26.2 Å². The van der Waals surface area contributed by atoms with Crippen molar-refractivity contribution in [3.8, 4) is 0 Å². The number of carboxylic acids is 2. The summed E-state index contributed by atoms with van der Waals surface area (Å²) in [5.74, 6) is -1.39. The molecule has 25 heavy (non-hydrogen) atoms. The Labute approximate surface area is 146 Å². The van der Waals surface area contributed by atoms with E-state index in [1.54, 1.807) is 0 Å². The number of aliphatic carboxylic acids is 1. The number of likely N-dealkylation sites (tertiary alicyclic amines) is 2. The first-order valence-electron chi connectivity index (χ1n) is 8.79. The highest BCUT2D eigenvalue weighted by molar-refractivity contribution is 5.84. The molecule has 0 bridgehead atoms. The van der Waals surface area contributed by atoms with Crippen LogP contribution >= 0.6 is 0 Å². The number of oxazole rings is 1. The molecule has 0 amide bonds. The van der Waals surface area contributed by atoms with Gasteiger partial charge in [0.05, 0.1) is 6.54 Å². The molecule has 2 saturated heterocycles. The van der Waals surface area contributed by atoms with E-state index < -0.39 is 11.9 Å². The maximum absolute atomic E-state index is 11.6. The second-order valence-electron chi connectivity index (χ2n) is 7.24. The van der Waals surface area contributed by atoms with Crippen molar-refractivity contribution in [1.29, 1.82) is 0 Å². The van der Waals surface area contributed by atoms with Crippen LogP contribution in [0, 0.1) is 5.41 Å². The monoisotopic (exact) mass is 351 g/mol. The highest BCUT2D eigenvalue weighted by atomic mass is 16.4. The summed E-state index contributed by atoms with van der Waals surface area (Å²) in [7, 11) is 0. The van der Waals surface area contributed by atoms with Crippen molar-refractivity contribution in [2.45, 2.75) is 45.2 Å². The van der Waals surface area contributed by atoms with Crippen LogP contribution in [0.3, 0.4) is 0 Å². The molecule has 1 unspecified atom stereocenters. The highest BCUT2D eigenvalue weighted by Crippen LogP contribution is 2.43. The summed E-state index contributed by atoms with van der Waals surface area (Å²) >= 11 is 0. The maximum atomic E-state index is 11.6. The maximum Gasteiger partial charge on any atom is 0.357 e. The predicted octanol–water partition coefficient (Wildman–Crippen LogP) is 1.52. The van der Waals surface area contributed by atoms with E-state index in [0.717, 1.165) is 51.9 Å². The van der Waals surface area contributed by atoms with Gasteiger partial charge in [0.15, 0.2) is 5.69 Å². The van der Waals surface area contributed by atoms with Gasteiger partial charge in [0, 0.05) is 6.54 Å². The molecule has 1 aromatic rings. The Hall–Kier alpha value is -1.93. The Bertz CT molecular complexity index is 636. The van der Waals surface area contributed by atoms with Gasteiger partial charge in [-0.05, 0) is 50.7 Å². The molecular formula is C17H25N3O5. The molecule has 0 aromatic carbocycles. The molecule has 8 heteroatoms. The van der Waals surface area contributed by atoms with Gasteiger partial charge in [0.2, 0.25) is 5.89 Å². The number of nitrogens with zero attached hydrogens (tertiary/aromatic N) is 3. The van der Waals surface area contributed by atoms with E-state index in [1.165, 1.54) is 6.26 Å². The van der Waals surface area contributed by atoms with Crippen molar-refractivity contribution < 1.29 is 24.2 Å². The number of aromatic carboxylic acids is 1. The zero-order chi connectivity index (χ0) is 18.0. The van der Waals surface area contributed by atoms with Gasteiger partial charge < -0.3 is 14.6 Å². The quantitative estimate of drug-likeness (QED) is 0.794. The summed E-state index contributed by atoms with van der Waals surface area (Å²) in [5.41, 5.74) is 0.0103. The minimum absolute atomic E-state index is 0.0706. The molecule has 3 heterocycles. The number of piperidine rings is 1. The summed E-state index contributed by atoms with van der Waals surface area (Å²) in [6, 6.07) is -0.364. The number of hydrogen-bond acceptors (Lipinski definition) is 6. The normalized spacial score (nSPS) is 24.0. The molecule has 138 valence electrons. The van der Waals surface area contributed by atoms with Crippen LogP contribution in [-0.2, 0) is 11.3 Å². The van der Waals surface area contributed by atoms with E-state index in [-0.39, 0.29) is 17.2 Å². The lowest BCUT2D eigenvalue weighted by molar-refractivity contribution is -0.142. The van der Waals surface area contributed by atoms with E-state index in [2.05, 4.69) is 21.7 Å². The van der Waals surface area contributed by atoms with Crippen LogP contribution in [0.4, 0.5) is 0 Å². The second-order valence-corrected chi connectivity index (χ2v) is 7.24. The van der Waals surface area contributed by atoms with Gasteiger partial charge in [-0.15, -0.1) is 0 Å². The summed E-state index contributed by atoms with van der Waals surface area (Å²) < 4.78 is 5.22. The number of hydrogen-bond donors (Lipinski definition) is 2. The van der Waals surface area contributed by atoms with Gasteiger partial charge >= 0.3 is 11.9 Å². The third-order valence-corrected chi connectivity index (χ3v) is 5.45. The van der Waals surface area contributed by atoms with Gasteiger partial charge in [-0.25, -0.2) is 9.78 Å². The fraction of sp³-hybridized carbons (Fsp3) is 0.706. The zero-order valence-electron chi connectivity index (χ0n) is 14.5. The average Bonchev–Trinajstić information content (AvgIpc) is 3.16. The zero-order valence-corrected chi connectivity index (χ0v) is 14.5. The smallest absolute Gasteiger partial charge is 0.357 e. The number of aromatic nitrogens is 1. The van der Waals surface area contributed by atoms with Gasteiger partial charge in [0.1, 0.15) is 12.3 Å². The van der Waals surface area contributed by atoms with Gasteiger partial charge in [-0.3, -0.25) is 14.6 Å². The summed E-state index contributed by atoms with van der Waals surface area (Å²) in [5, 5.41) is 18.4. The number of carbonyl (C=O) groups is 2. The van der Waals surface area contributed by atoms with Gasteiger partial charge in [-0.2, -0.15) is 0 Å². The van der Waals surface area contributed by atoms with Crippen LogP contribution in [0.5, 0.6) is 0 Å². The van der Waals surface area contributed by atoms with Crippen molar-refractivity contribution in [2.24, 2.45) is 5.41 Å². The van der Waals surface area contributed by atoms with Gasteiger partial charge in [0.25, 0.3) is 0 Å². The highest BCUT2D eigenvalue weighted by Gasteiger charge is 2.47. The molecule has 2 aliphatic heterocycles. The fourth-order valence-electron chi connectivity index (χ4n) is 4.13. The summed E-state index contributed by atoms with van der Waals surface area (Å²) in [4.78, 5) is 30.7. The molecule has 8 nitrogen and oxygen atoms in total. The largest absolute Gasteiger partial charge is 0.480 e. The Morgan fingerprint density at radius 2 is 2.08 bits per heavy atom. The lowest BCUT2D eigenvalue weighted by Crippen LogP contribution is -2.41. The first-order chi connectivity index (χ1) is 11.9. The van der Waals surface area contributed by atoms with Gasteiger partial charge in [-0.1, -0.05) is 6.92 Å². The average molecular weight is 351 g/mol. The topological polar surface area (TPSA) is 107 Å². The Morgan fingerprint density at radius 3 is 2.64 bits per heavy atom. The lowest BCUT2D eigenvalue weighted by atomic mass is 9.76. The molecule has 2 N–H and O–H groups in total. The third kappa shape index (κ3) is 3.85. The molecule has 1 atom stereocenters. The van der Waals surface area contributed by atoms with Crippen molar-refractivity contribution in [3.05, 3.63) is 17.8 Å². The van der Waals surface area contributed by atoms with Crippen molar-refractivity contribution in [1.82, 2.24) is 14.8 Å². The molecule has 0 saturated carbocycles. The van der Waals surface area contributed by atoms with Crippen LogP contribution in [0.25, 0.3) is 0 Å².